The molecule has 0 bridgehead atoms. The van der Waals surface area contributed by atoms with E-state index in [9.17, 15) is 0 Å². The molecule has 1 nitrogen and oxygen atoms in total. The molecule has 0 atom stereocenters. The van der Waals surface area contributed by atoms with Gasteiger partial charge in [-0.15, -0.1) is 0 Å². The van der Waals surface area contributed by atoms with Gasteiger partial charge in [0.15, 0.2) is 0 Å². The number of hydrogen-bond acceptors (Lipinski definition) is 1. The first-order valence-electron chi connectivity index (χ1n) is 11.0. The van der Waals surface area contributed by atoms with E-state index in [0.717, 1.165) is 22.6 Å². The third kappa shape index (κ3) is 2.79. The second kappa shape index (κ2) is 7.55. The van der Waals surface area contributed by atoms with Crippen LogP contribution in [0.2, 0.25) is 0 Å². The predicted molar refractivity (Wildman–Crippen MR) is 130 cm³/mol. The van der Waals surface area contributed by atoms with Crippen LogP contribution in [0, 0.1) is 0 Å². The summed E-state index contributed by atoms with van der Waals surface area (Å²) in [5.74, 6) is 1.81. The van der Waals surface area contributed by atoms with Crippen LogP contribution in [-0.4, -0.2) is 0 Å². The van der Waals surface area contributed by atoms with E-state index in [-0.39, 0.29) is 0 Å². The molecule has 0 saturated heterocycles. The van der Waals surface area contributed by atoms with Crippen molar-refractivity contribution in [3.8, 4) is 22.6 Å². The van der Waals surface area contributed by atoms with Crippen LogP contribution in [0.3, 0.4) is 0 Å². The molecule has 0 N–H and O–H groups in total. The molecule has 0 spiro atoms. The van der Waals surface area contributed by atoms with Crippen molar-refractivity contribution in [2.24, 2.45) is 0 Å². The fourth-order valence-electron chi connectivity index (χ4n) is 5.01. The molecule has 0 fully saturated rings. The average molecular weight is 411 g/mol. The first-order valence-corrected chi connectivity index (χ1v) is 11.0. The Bertz CT molecular complexity index is 1320. The summed E-state index contributed by atoms with van der Waals surface area (Å²) < 4.78 is 6.37. The summed E-state index contributed by atoms with van der Waals surface area (Å²) in [6.07, 6.45) is 0. The molecule has 0 aromatic heterocycles. The number of rotatable bonds is 3. The lowest BCUT2D eigenvalue weighted by molar-refractivity contribution is 0.434. The van der Waals surface area contributed by atoms with Crippen LogP contribution in [0.15, 0.2) is 133 Å². The summed E-state index contributed by atoms with van der Waals surface area (Å²) in [6, 6.07) is 47.1. The molecule has 5 aromatic rings. The van der Waals surface area contributed by atoms with E-state index in [4.69, 9.17) is 4.74 Å². The smallest absolute Gasteiger partial charge is 0.132 e. The molecule has 0 aliphatic carbocycles. The van der Waals surface area contributed by atoms with Gasteiger partial charge in [0.05, 0.1) is 5.41 Å². The summed E-state index contributed by atoms with van der Waals surface area (Å²) in [4.78, 5) is 0. The number of hydrogen-bond donors (Lipinski definition) is 0. The molecule has 1 aliphatic heterocycles. The largest absolute Gasteiger partial charge is 0.457 e. The first-order chi connectivity index (χ1) is 15.9. The average Bonchev–Trinajstić information content (AvgIpc) is 2.88. The zero-order valence-corrected chi connectivity index (χ0v) is 17.6. The second-order valence-electron chi connectivity index (χ2n) is 8.15. The molecule has 0 saturated carbocycles. The van der Waals surface area contributed by atoms with Crippen molar-refractivity contribution in [3.05, 3.63) is 156 Å². The van der Waals surface area contributed by atoms with Gasteiger partial charge in [0, 0.05) is 11.1 Å². The van der Waals surface area contributed by atoms with Crippen LogP contribution in [-0.2, 0) is 5.41 Å². The van der Waals surface area contributed by atoms with E-state index < -0.39 is 5.41 Å². The monoisotopic (exact) mass is 410 g/mol. The van der Waals surface area contributed by atoms with Crippen LogP contribution in [0.25, 0.3) is 11.1 Å². The third-order valence-electron chi connectivity index (χ3n) is 6.43. The highest BCUT2D eigenvalue weighted by atomic mass is 16.5. The molecule has 6 rings (SSSR count). The summed E-state index contributed by atoms with van der Waals surface area (Å²) in [7, 11) is 0. The molecule has 1 aliphatic rings. The second-order valence-corrected chi connectivity index (χ2v) is 8.15. The minimum Gasteiger partial charge on any atom is -0.457 e. The van der Waals surface area contributed by atoms with Crippen LogP contribution in [0.4, 0.5) is 0 Å². The molecule has 0 unspecified atom stereocenters. The van der Waals surface area contributed by atoms with Crippen molar-refractivity contribution >= 4 is 0 Å². The SMILES string of the molecule is c1ccc(-c2ccc(C3(c4ccccc4)c4ccccc4Oc4ccccc43)cc2)cc1. The van der Waals surface area contributed by atoms with E-state index in [1.807, 2.05) is 12.1 Å². The molecular formula is C31H22O. The van der Waals surface area contributed by atoms with Crippen LogP contribution in [0.1, 0.15) is 22.3 Å². The van der Waals surface area contributed by atoms with Gasteiger partial charge >= 0.3 is 0 Å². The number of ether oxygens (including phenoxy) is 1. The zero-order valence-electron chi connectivity index (χ0n) is 17.6. The normalized spacial score (nSPS) is 13.5. The maximum Gasteiger partial charge on any atom is 0.132 e. The van der Waals surface area contributed by atoms with Crippen molar-refractivity contribution < 1.29 is 4.74 Å². The van der Waals surface area contributed by atoms with Gasteiger partial charge in [-0.1, -0.05) is 121 Å². The number of para-hydroxylation sites is 2. The van der Waals surface area contributed by atoms with Gasteiger partial charge in [0.1, 0.15) is 11.5 Å². The van der Waals surface area contributed by atoms with Crippen molar-refractivity contribution in [2.45, 2.75) is 5.41 Å². The van der Waals surface area contributed by atoms with Gasteiger partial charge in [-0.25, -0.2) is 0 Å². The van der Waals surface area contributed by atoms with E-state index in [1.165, 1.54) is 22.3 Å². The molecule has 0 radical (unpaired) electrons. The Morgan fingerprint density at radius 3 is 1.41 bits per heavy atom. The molecule has 1 heterocycles. The Morgan fingerprint density at radius 2 is 0.812 bits per heavy atom. The Hall–Kier alpha value is -4.10. The maximum absolute atomic E-state index is 6.37. The van der Waals surface area contributed by atoms with Crippen LogP contribution < -0.4 is 4.74 Å². The van der Waals surface area contributed by atoms with Gasteiger partial charge in [-0.3, -0.25) is 0 Å². The fourth-order valence-corrected chi connectivity index (χ4v) is 5.01. The standard InChI is InChI=1S/C31H22O/c1-3-11-23(12-4-1)24-19-21-26(22-20-24)31(25-13-5-2-6-14-25)27-15-7-9-17-29(27)32-30-18-10-8-16-28(30)31/h1-22H. The lowest BCUT2D eigenvalue weighted by atomic mass is 9.63. The zero-order chi connectivity index (χ0) is 21.4. The van der Waals surface area contributed by atoms with Gasteiger partial charge in [0.2, 0.25) is 0 Å². The number of fused-ring (bicyclic) bond motifs is 2. The highest BCUT2D eigenvalue weighted by Gasteiger charge is 2.44. The Labute approximate surface area is 188 Å². The Balaban J connectivity index is 1.66. The fraction of sp³-hybridized carbons (Fsp3) is 0.0323. The van der Waals surface area contributed by atoms with E-state index in [1.54, 1.807) is 0 Å². The van der Waals surface area contributed by atoms with Crippen molar-refractivity contribution in [2.75, 3.05) is 0 Å². The van der Waals surface area contributed by atoms with E-state index in [2.05, 4.69) is 121 Å². The molecule has 0 amide bonds. The highest BCUT2D eigenvalue weighted by Crippen LogP contribution is 2.55. The summed E-state index contributed by atoms with van der Waals surface area (Å²) in [5.41, 5.74) is 6.77. The maximum atomic E-state index is 6.37. The minimum atomic E-state index is -0.456. The van der Waals surface area contributed by atoms with Gasteiger partial charge in [-0.2, -0.15) is 0 Å². The van der Waals surface area contributed by atoms with Crippen molar-refractivity contribution in [1.82, 2.24) is 0 Å². The van der Waals surface area contributed by atoms with Gasteiger partial charge in [0.25, 0.3) is 0 Å². The van der Waals surface area contributed by atoms with Crippen LogP contribution in [0.5, 0.6) is 11.5 Å². The summed E-state index contributed by atoms with van der Waals surface area (Å²) in [6.45, 7) is 0. The molecular weight excluding hydrogens is 388 g/mol. The lowest BCUT2D eigenvalue weighted by Crippen LogP contribution is -2.34. The molecule has 152 valence electrons. The summed E-state index contributed by atoms with van der Waals surface area (Å²) in [5, 5.41) is 0. The third-order valence-corrected chi connectivity index (χ3v) is 6.43. The first kappa shape index (κ1) is 18.7. The molecule has 1 heteroatoms. The van der Waals surface area contributed by atoms with Gasteiger partial charge in [-0.05, 0) is 34.4 Å². The lowest BCUT2D eigenvalue weighted by Gasteiger charge is -2.41. The van der Waals surface area contributed by atoms with Crippen molar-refractivity contribution in [3.63, 3.8) is 0 Å². The van der Waals surface area contributed by atoms with Crippen molar-refractivity contribution in [1.29, 1.82) is 0 Å². The predicted octanol–water partition coefficient (Wildman–Crippen LogP) is 7.84. The highest BCUT2D eigenvalue weighted by molar-refractivity contribution is 5.71. The Morgan fingerprint density at radius 1 is 0.375 bits per heavy atom. The van der Waals surface area contributed by atoms with Crippen LogP contribution >= 0.6 is 0 Å². The quantitative estimate of drug-likeness (QED) is 0.289. The molecule has 32 heavy (non-hydrogen) atoms. The van der Waals surface area contributed by atoms with E-state index in [0.29, 0.717) is 0 Å². The minimum absolute atomic E-state index is 0.456. The summed E-state index contributed by atoms with van der Waals surface area (Å²) >= 11 is 0. The Kier molecular flexibility index (Phi) is 4.40. The van der Waals surface area contributed by atoms with E-state index >= 15 is 0 Å². The topological polar surface area (TPSA) is 9.23 Å². The van der Waals surface area contributed by atoms with Gasteiger partial charge < -0.3 is 4.74 Å². The molecule has 5 aromatic carbocycles. The number of benzene rings is 5.